The van der Waals surface area contributed by atoms with Crippen molar-refractivity contribution in [3.8, 4) is 0 Å². The Hall–Kier alpha value is -0.290. The van der Waals surface area contributed by atoms with Crippen LogP contribution in [0.15, 0.2) is 18.3 Å². The first-order valence-electron chi connectivity index (χ1n) is 8.81. The molecule has 2 aromatic rings. The molecular formula is C19H26Cl4N2O. The maximum absolute atomic E-state index is 10.7. The summed E-state index contributed by atoms with van der Waals surface area (Å²) >= 11 is 18.8. The van der Waals surface area contributed by atoms with Gasteiger partial charge in [0, 0.05) is 28.7 Å². The first-order valence-corrected chi connectivity index (χ1v) is 9.94. The molecule has 1 aromatic heterocycles. The van der Waals surface area contributed by atoms with Crippen LogP contribution in [-0.2, 0) is 0 Å². The van der Waals surface area contributed by atoms with E-state index in [1.54, 1.807) is 18.3 Å². The van der Waals surface area contributed by atoms with Gasteiger partial charge >= 0.3 is 0 Å². The minimum absolute atomic E-state index is 0. The van der Waals surface area contributed by atoms with Crippen molar-refractivity contribution < 1.29 is 5.11 Å². The minimum Gasteiger partial charge on any atom is -0.387 e. The highest BCUT2D eigenvalue weighted by Crippen LogP contribution is 2.35. The molecule has 0 saturated heterocycles. The SMILES string of the molecule is CCCCN(CCCC)CC(O)c1cnc2c(Cl)cc(Cl)cc2c1Cl.Cl. The second-order valence-electron chi connectivity index (χ2n) is 6.33. The van der Waals surface area contributed by atoms with Crippen LogP contribution >= 0.6 is 47.2 Å². The fraction of sp³-hybridized carbons (Fsp3) is 0.526. The Balaban J connectivity index is 0.00000338. The van der Waals surface area contributed by atoms with Gasteiger partial charge in [0.1, 0.15) is 0 Å². The summed E-state index contributed by atoms with van der Waals surface area (Å²) in [6.07, 6.45) is 5.42. The lowest BCUT2D eigenvalue weighted by Crippen LogP contribution is -2.31. The summed E-state index contributed by atoms with van der Waals surface area (Å²) in [6, 6.07) is 3.38. The largest absolute Gasteiger partial charge is 0.387 e. The number of aromatic nitrogens is 1. The second kappa shape index (κ2) is 11.5. The molecule has 0 aliphatic carbocycles. The molecule has 0 bridgehead atoms. The Bertz CT molecular complexity index is 703. The number of benzene rings is 1. The molecule has 26 heavy (non-hydrogen) atoms. The maximum atomic E-state index is 10.7. The number of rotatable bonds is 9. The van der Waals surface area contributed by atoms with E-state index in [9.17, 15) is 5.11 Å². The molecule has 2 rings (SSSR count). The van der Waals surface area contributed by atoms with E-state index in [-0.39, 0.29) is 12.4 Å². The molecule has 0 fully saturated rings. The summed E-state index contributed by atoms with van der Waals surface area (Å²) in [5, 5.41) is 12.8. The van der Waals surface area contributed by atoms with Crippen LogP contribution in [0.4, 0.5) is 0 Å². The quantitative estimate of drug-likeness (QED) is 0.480. The van der Waals surface area contributed by atoms with Crippen molar-refractivity contribution in [3.05, 3.63) is 39.0 Å². The van der Waals surface area contributed by atoms with E-state index in [0.717, 1.165) is 38.8 Å². The van der Waals surface area contributed by atoms with Crippen LogP contribution in [0.25, 0.3) is 10.9 Å². The van der Waals surface area contributed by atoms with Crippen LogP contribution in [0.5, 0.6) is 0 Å². The van der Waals surface area contributed by atoms with Gasteiger partial charge in [-0.3, -0.25) is 4.98 Å². The third-order valence-electron chi connectivity index (χ3n) is 4.30. The molecule has 1 unspecified atom stereocenters. The molecule has 0 saturated carbocycles. The highest BCUT2D eigenvalue weighted by Gasteiger charge is 2.19. The van der Waals surface area contributed by atoms with Gasteiger partial charge in [0.05, 0.1) is 21.7 Å². The Morgan fingerprint density at radius 3 is 2.27 bits per heavy atom. The normalized spacial score (nSPS) is 12.4. The van der Waals surface area contributed by atoms with Crippen LogP contribution in [0.1, 0.15) is 51.2 Å². The number of aliphatic hydroxyl groups is 1. The van der Waals surface area contributed by atoms with E-state index in [0.29, 0.717) is 38.1 Å². The summed E-state index contributed by atoms with van der Waals surface area (Å²) in [5.41, 5.74) is 1.21. The molecule has 0 aliphatic rings. The predicted molar refractivity (Wildman–Crippen MR) is 115 cm³/mol. The summed E-state index contributed by atoms with van der Waals surface area (Å²) in [4.78, 5) is 6.68. The van der Waals surface area contributed by atoms with E-state index in [2.05, 4.69) is 23.7 Å². The number of unbranched alkanes of at least 4 members (excludes halogenated alkanes) is 2. The zero-order valence-corrected chi connectivity index (χ0v) is 18.2. The molecule has 0 aliphatic heterocycles. The van der Waals surface area contributed by atoms with E-state index in [1.165, 1.54) is 0 Å². The molecular weight excluding hydrogens is 414 g/mol. The van der Waals surface area contributed by atoms with Gasteiger partial charge in [0.25, 0.3) is 0 Å². The third-order valence-corrected chi connectivity index (χ3v) is 5.22. The van der Waals surface area contributed by atoms with E-state index in [1.807, 2.05) is 0 Å². The van der Waals surface area contributed by atoms with Gasteiger partial charge in [-0.2, -0.15) is 0 Å². The summed E-state index contributed by atoms with van der Waals surface area (Å²) in [7, 11) is 0. The van der Waals surface area contributed by atoms with E-state index < -0.39 is 6.10 Å². The molecule has 7 heteroatoms. The average molecular weight is 440 g/mol. The van der Waals surface area contributed by atoms with Crippen molar-refractivity contribution in [2.45, 2.75) is 45.6 Å². The van der Waals surface area contributed by atoms with Crippen LogP contribution < -0.4 is 0 Å². The van der Waals surface area contributed by atoms with Gasteiger partial charge < -0.3 is 10.0 Å². The second-order valence-corrected chi connectivity index (χ2v) is 7.56. The lowest BCUT2D eigenvalue weighted by molar-refractivity contribution is 0.111. The monoisotopic (exact) mass is 438 g/mol. The lowest BCUT2D eigenvalue weighted by Gasteiger charge is -2.25. The van der Waals surface area contributed by atoms with Crippen LogP contribution in [-0.4, -0.2) is 34.6 Å². The lowest BCUT2D eigenvalue weighted by atomic mass is 10.1. The Kier molecular flexibility index (Phi) is 10.5. The van der Waals surface area contributed by atoms with Crippen LogP contribution in [0, 0.1) is 0 Å². The highest BCUT2D eigenvalue weighted by atomic mass is 35.5. The first-order chi connectivity index (χ1) is 12.0. The minimum atomic E-state index is -0.698. The topological polar surface area (TPSA) is 36.4 Å². The molecule has 1 N–H and O–H groups in total. The maximum Gasteiger partial charge on any atom is 0.0946 e. The number of hydrogen-bond acceptors (Lipinski definition) is 3. The smallest absolute Gasteiger partial charge is 0.0946 e. The molecule has 1 heterocycles. The molecule has 146 valence electrons. The number of nitrogens with zero attached hydrogens (tertiary/aromatic N) is 2. The van der Waals surface area contributed by atoms with E-state index in [4.69, 9.17) is 34.8 Å². The van der Waals surface area contributed by atoms with Crippen LogP contribution in [0.3, 0.4) is 0 Å². The van der Waals surface area contributed by atoms with Gasteiger partial charge in [-0.15, -0.1) is 12.4 Å². The van der Waals surface area contributed by atoms with Gasteiger partial charge in [-0.25, -0.2) is 0 Å². The van der Waals surface area contributed by atoms with Gasteiger partial charge in [-0.1, -0.05) is 61.5 Å². The number of hydrogen-bond donors (Lipinski definition) is 1. The number of pyridine rings is 1. The molecule has 1 aromatic carbocycles. The molecule has 0 amide bonds. The van der Waals surface area contributed by atoms with Crippen LogP contribution in [0.2, 0.25) is 15.1 Å². The molecule has 1 atom stereocenters. The standard InChI is InChI=1S/C19H25Cl3N2O.ClH/c1-3-5-7-24(8-6-4-2)12-17(25)15-11-23-19-14(18(15)22)9-13(20)10-16(19)21;/h9-11,17,25H,3-8,12H2,1-2H3;1H. The summed E-state index contributed by atoms with van der Waals surface area (Å²) < 4.78 is 0. The van der Waals surface area contributed by atoms with Gasteiger partial charge in [0.15, 0.2) is 0 Å². The Labute approximate surface area is 177 Å². The summed E-state index contributed by atoms with van der Waals surface area (Å²) in [6.45, 7) is 6.84. The third kappa shape index (κ3) is 6.12. The fourth-order valence-corrected chi connectivity index (χ4v) is 3.70. The Morgan fingerprint density at radius 1 is 1.08 bits per heavy atom. The van der Waals surface area contributed by atoms with Crippen molar-refractivity contribution >= 4 is 58.1 Å². The van der Waals surface area contributed by atoms with Crippen molar-refractivity contribution in [1.29, 1.82) is 0 Å². The Morgan fingerprint density at radius 2 is 1.69 bits per heavy atom. The van der Waals surface area contributed by atoms with Crippen molar-refractivity contribution in [2.75, 3.05) is 19.6 Å². The first kappa shape index (κ1) is 23.7. The summed E-state index contributed by atoms with van der Waals surface area (Å²) in [5.74, 6) is 0. The molecule has 0 radical (unpaired) electrons. The van der Waals surface area contributed by atoms with E-state index >= 15 is 0 Å². The van der Waals surface area contributed by atoms with Crippen molar-refractivity contribution in [2.24, 2.45) is 0 Å². The predicted octanol–water partition coefficient (Wildman–Crippen LogP) is 6.55. The average Bonchev–Trinajstić information content (AvgIpc) is 2.58. The number of fused-ring (bicyclic) bond motifs is 1. The number of aliphatic hydroxyl groups excluding tert-OH is 1. The van der Waals surface area contributed by atoms with Gasteiger partial charge in [0.2, 0.25) is 0 Å². The fourth-order valence-electron chi connectivity index (χ4n) is 2.84. The number of halogens is 4. The van der Waals surface area contributed by atoms with Crippen molar-refractivity contribution in [1.82, 2.24) is 9.88 Å². The zero-order valence-electron chi connectivity index (χ0n) is 15.1. The highest BCUT2D eigenvalue weighted by molar-refractivity contribution is 6.41. The molecule has 3 nitrogen and oxygen atoms in total. The zero-order chi connectivity index (χ0) is 18.4. The molecule has 0 spiro atoms. The van der Waals surface area contributed by atoms with Crippen molar-refractivity contribution in [3.63, 3.8) is 0 Å². The van der Waals surface area contributed by atoms with Gasteiger partial charge in [-0.05, 0) is 38.1 Å².